The van der Waals surface area contributed by atoms with E-state index in [9.17, 15) is 0 Å². The standard InChI is InChI=1S/C13H7ClN4S/c14-12-9(10-2-1-5-19-10)6-8-7-15-11-3-4-16-18(11)13(8)17-12/h1-7H. The number of halogens is 1. The molecule has 4 aromatic heterocycles. The molecule has 4 rings (SSSR count). The summed E-state index contributed by atoms with van der Waals surface area (Å²) in [4.78, 5) is 9.90. The van der Waals surface area contributed by atoms with Gasteiger partial charge in [0.05, 0.1) is 6.20 Å². The minimum absolute atomic E-state index is 0.484. The minimum atomic E-state index is 0.484. The predicted molar refractivity (Wildman–Crippen MR) is 76.6 cm³/mol. The van der Waals surface area contributed by atoms with Gasteiger partial charge in [0.25, 0.3) is 0 Å². The molecule has 0 aliphatic heterocycles. The van der Waals surface area contributed by atoms with Gasteiger partial charge in [0.2, 0.25) is 0 Å². The van der Waals surface area contributed by atoms with Crippen molar-refractivity contribution in [1.82, 2.24) is 19.6 Å². The molecule has 6 heteroatoms. The third kappa shape index (κ3) is 1.63. The van der Waals surface area contributed by atoms with Gasteiger partial charge in [-0.15, -0.1) is 11.3 Å². The van der Waals surface area contributed by atoms with Gasteiger partial charge in [0.15, 0.2) is 11.3 Å². The van der Waals surface area contributed by atoms with E-state index in [0.29, 0.717) is 5.15 Å². The maximum atomic E-state index is 6.30. The number of nitrogens with zero attached hydrogens (tertiary/aromatic N) is 4. The molecule has 4 aromatic rings. The highest BCUT2D eigenvalue weighted by Crippen LogP contribution is 2.32. The van der Waals surface area contributed by atoms with Crippen LogP contribution in [0.2, 0.25) is 5.15 Å². The monoisotopic (exact) mass is 286 g/mol. The summed E-state index contributed by atoms with van der Waals surface area (Å²) in [6.07, 6.45) is 3.50. The van der Waals surface area contributed by atoms with Gasteiger partial charge < -0.3 is 0 Å². The van der Waals surface area contributed by atoms with E-state index in [4.69, 9.17) is 11.6 Å². The molecular weight excluding hydrogens is 280 g/mol. The van der Waals surface area contributed by atoms with Crippen LogP contribution in [0, 0.1) is 0 Å². The van der Waals surface area contributed by atoms with Crippen LogP contribution in [-0.4, -0.2) is 19.6 Å². The van der Waals surface area contributed by atoms with E-state index in [1.165, 1.54) is 0 Å². The topological polar surface area (TPSA) is 43.1 Å². The van der Waals surface area contributed by atoms with Gasteiger partial charge in [0.1, 0.15) is 5.15 Å². The van der Waals surface area contributed by atoms with E-state index < -0.39 is 0 Å². The lowest BCUT2D eigenvalue weighted by Gasteiger charge is -2.05. The lowest BCUT2D eigenvalue weighted by Crippen LogP contribution is -1.96. The number of hydrogen-bond acceptors (Lipinski definition) is 4. The quantitative estimate of drug-likeness (QED) is 0.502. The molecule has 4 nitrogen and oxygen atoms in total. The molecule has 0 saturated heterocycles. The first-order chi connectivity index (χ1) is 9.33. The molecule has 0 N–H and O–H groups in total. The Labute approximate surface area is 117 Å². The number of pyridine rings is 1. The molecule has 0 aliphatic rings. The highest BCUT2D eigenvalue weighted by molar-refractivity contribution is 7.13. The Hall–Kier alpha value is -1.98. The number of fused-ring (bicyclic) bond motifs is 3. The molecule has 19 heavy (non-hydrogen) atoms. The summed E-state index contributed by atoms with van der Waals surface area (Å²) in [6.45, 7) is 0. The van der Waals surface area contributed by atoms with Crippen molar-refractivity contribution in [2.75, 3.05) is 0 Å². The molecule has 4 heterocycles. The van der Waals surface area contributed by atoms with E-state index in [1.807, 2.05) is 29.6 Å². The smallest absolute Gasteiger partial charge is 0.166 e. The average molecular weight is 287 g/mol. The van der Waals surface area contributed by atoms with Gasteiger partial charge in [-0.25, -0.2) is 9.97 Å². The molecule has 0 amide bonds. The van der Waals surface area contributed by atoms with Crippen LogP contribution in [0.1, 0.15) is 0 Å². The van der Waals surface area contributed by atoms with Crippen LogP contribution in [0.25, 0.3) is 27.1 Å². The Bertz CT molecular complexity index is 882. The van der Waals surface area contributed by atoms with E-state index in [2.05, 4.69) is 15.1 Å². The van der Waals surface area contributed by atoms with Crippen molar-refractivity contribution in [1.29, 1.82) is 0 Å². The first kappa shape index (κ1) is 10.9. The predicted octanol–water partition coefficient (Wildman–Crippen LogP) is 3.66. The van der Waals surface area contributed by atoms with Crippen molar-refractivity contribution in [2.24, 2.45) is 0 Å². The third-order valence-electron chi connectivity index (χ3n) is 2.93. The van der Waals surface area contributed by atoms with Crippen molar-refractivity contribution < 1.29 is 0 Å². The maximum absolute atomic E-state index is 6.30. The fourth-order valence-electron chi connectivity index (χ4n) is 2.06. The van der Waals surface area contributed by atoms with E-state index >= 15 is 0 Å². The van der Waals surface area contributed by atoms with Gasteiger partial charge in [0, 0.05) is 28.1 Å². The van der Waals surface area contributed by atoms with Gasteiger partial charge in [-0.1, -0.05) is 17.7 Å². The Balaban J connectivity index is 2.09. The van der Waals surface area contributed by atoms with Crippen LogP contribution in [0.5, 0.6) is 0 Å². The average Bonchev–Trinajstić information content (AvgIpc) is 3.09. The molecular formula is C13H7ClN4S. The number of aromatic nitrogens is 4. The lowest BCUT2D eigenvalue weighted by molar-refractivity contribution is 0.964. The zero-order valence-corrected chi connectivity index (χ0v) is 11.2. The molecule has 0 unspecified atom stereocenters. The number of hydrogen-bond donors (Lipinski definition) is 0. The molecule has 0 radical (unpaired) electrons. The molecule has 0 aromatic carbocycles. The van der Waals surface area contributed by atoms with Gasteiger partial charge in [-0.3, -0.25) is 0 Å². The summed E-state index contributed by atoms with van der Waals surface area (Å²) < 4.78 is 1.69. The Morgan fingerprint density at radius 3 is 3.05 bits per heavy atom. The second-order valence-corrected chi connectivity index (χ2v) is 5.38. The first-order valence-electron chi connectivity index (χ1n) is 5.66. The van der Waals surface area contributed by atoms with Crippen LogP contribution in [-0.2, 0) is 0 Å². The van der Waals surface area contributed by atoms with Crippen molar-refractivity contribution in [3.63, 3.8) is 0 Å². The zero-order valence-electron chi connectivity index (χ0n) is 9.62. The summed E-state index contributed by atoms with van der Waals surface area (Å²) in [7, 11) is 0. The van der Waals surface area contributed by atoms with Gasteiger partial charge in [-0.2, -0.15) is 9.61 Å². The summed E-state index contributed by atoms with van der Waals surface area (Å²) >= 11 is 7.93. The summed E-state index contributed by atoms with van der Waals surface area (Å²) in [5.41, 5.74) is 2.41. The van der Waals surface area contributed by atoms with Crippen LogP contribution in [0.15, 0.2) is 42.0 Å². The normalized spacial score (nSPS) is 11.4. The van der Waals surface area contributed by atoms with E-state index in [0.717, 1.165) is 27.1 Å². The van der Waals surface area contributed by atoms with E-state index in [1.54, 1.807) is 28.2 Å². The Kier molecular flexibility index (Phi) is 2.30. The Morgan fingerprint density at radius 1 is 1.26 bits per heavy atom. The highest BCUT2D eigenvalue weighted by atomic mass is 35.5. The van der Waals surface area contributed by atoms with Crippen LogP contribution in [0.4, 0.5) is 0 Å². The van der Waals surface area contributed by atoms with Gasteiger partial charge >= 0.3 is 0 Å². The first-order valence-corrected chi connectivity index (χ1v) is 6.91. The van der Waals surface area contributed by atoms with Crippen LogP contribution < -0.4 is 0 Å². The summed E-state index contributed by atoms with van der Waals surface area (Å²) in [6, 6.07) is 7.86. The van der Waals surface area contributed by atoms with Gasteiger partial charge in [-0.05, 0) is 17.5 Å². The molecule has 0 atom stereocenters. The lowest BCUT2D eigenvalue weighted by atomic mass is 10.2. The zero-order chi connectivity index (χ0) is 12.8. The highest BCUT2D eigenvalue weighted by Gasteiger charge is 2.11. The SMILES string of the molecule is Clc1nc2c(cnc3ccnn32)cc1-c1cccs1. The number of rotatable bonds is 1. The largest absolute Gasteiger partial charge is 0.236 e. The van der Waals surface area contributed by atoms with Crippen LogP contribution >= 0.6 is 22.9 Å². The number of thiophene rings is 1. The summed E-state index contributed by atoms with van der Waals surface area (Å²) in [5.74, 6) is 0. The van der Waals surface area contributed by atoms with Crippen molar-refractivity contribution in [2.45, 2.75) is 0 Å². The molecule has 0 bridgehead atoms. The molecule has 0 aliphatic carbocycles. The minimum Gasteiger partial charge on any atom is -0.236 e. The molecule has 92 valence electrons. The maximum Gasteiger partial charge on any atom is 0.166 e. The fourth-order valence-corrected chi connectivity index (χ4v) is 3.10. The van der Waals surface area contributed by atoms with E-state index in [-0.39, 0.29) is 0 Å². The second kappa shape index (κ2) is 4.01. The van der Waals surface area contributed by atoms with Crippen molar-refractivity contribution in [3.05, 3.63) is 47.2 Å². The molecule has 0 spiro atoms. The van der Waals surface area contributed by atoms with Crippen molar-refractivity contribution in [3.8, 4) is 10.4 Å². The summed E-state index contributed by atoms with van der Waals surface area (Å²) in [5, 5.41) is 7.64. The Morgan fingerprint density at radius 2 is 2.21 bits per heavy atom. The third-order valence-corrected chi connectivity index (χ3v) is 4.12. The second-order valence-electron chi connectivity index (χ2n) is 4.08. The van der Waals surface area contributed by atoms with Crippen molar-refractivity contribution >= 4 is 39.6 Å². The molecule has 0 fully saturated rings. The molecule has 0 saturated carbocycles. The fraction of sp³-hybridized carbons (Fsp3) is 0. The van der Waals surface area contributed by atoms with Crippen LogP contribution in [0.3, 0.4) is 0 Å².